The highest BCUT2D eigenvalue weighted by Gasteiger charge is 2.14. The number of ether oxygens (including phenoxy) is 3. The Morgan fingerprint density at radius 2 is 1.88 bits per heavy atom. The van der Waals surface area contributed by atoms with Crippen LogP contribution in [0.1, 0.15) is 10.4 Å². The van der Waals surface area contributed by atoms with Crippen molar-refractivity contribution in [1.82, 2.24) is 25.1 Å². The van der Waals surface area contributed by atoms with Crippen molar-refractivity contribution in [3.05, 3.63) is 70.3 Å². The van der Waals surface area contributed by atoms with Gasteiger partial charge in [0.05, 0.1) is 25.7 Å². The minimum atomic E-state index is -0.553. The summed E-state index contributed by atoms with van der Waals surface area (Å²) in [6, 6.07) is 14.2. The number of carbonyl (C=O) groups excluding carboxylic acids is 1. The van der Waals surface area contributed by atoms with Gasteiger partial charge in [-0.05, 0) is 30.3 Å². The average Bonchev–Trinajstić information content (AvgIpc) is 3.29. The van der Waals surface area contributed by atoms with Crippen LogP contribution in [0.25, 0.3) is 17.0 Å². The molecule has 0 atom stereocenters. The van der Waals surface area contributed by atoms with Crippen molar-refractivity contribution in [3.63, 3.8) is 0 Å². The minimum absolute atomic E-state index is 0.132. The van der Waals surface area contributed by atoms with E-state index in [0.29, 0.717) is 28.9 Å². The van der Waals surface area contributed by atoms with Crippen molar-refractivity contribution >= 4 is 17.2 Å². The number of methoxy groups -OCH3 is 2. The lowest BCUT2D eigenvalue weighted by Gasteiger charge is -2.09. The van der Waals surface area contributed by atoms with E-state index in [1.165, 1.54) is 28.8 Å². The smallest absolute Gasteiger partial charge is 0.270 e. The summed E-state index contributed by atoms with van der Waals surface area (Å²) in [6.07, 6.45) is 0. The van der Waals surface area contributed by atoms with Crippen molar-refractivity contribution in [2.24, 2.45) is 0 Å². The quantitative estimate of drug-likeness (QED) is 0.224. The first kappa shape index (κ1) is 22.5. The molecule has 0 radical (unpaired) electrons. The van der Waals surface area contributed by atoms with Gasteiger partial charge in [0.1, 0.15) is 6.61 Å². The van der Waals surface area contributed by atoms with Gasteiger partial charge >= 0.3 is 0 Å². The SMILES string of the molecule is COc1ccc(-c2nnc3ccc(OCCNC(=O)c4cccc([N+](=O)[O-])c4)nn23)cc1OC. The van der Waals surface area contributed by atoms with Gasteiger partial charge in [-0.25, -0.2) is 0 Å². The second-order valence-electron chi connectivity index (χ2n) is 6.95. The second-order valence-corrected chi connectivity index (χ2v) is 6.95. The third-order valence-electron chi connectivity index (χ3n) is 4.84. The summed E-state index contributed by atoms with van der Waals surface area (Å²) in [5, 5.41) is 26.3. The lowest BCUT2D eigenvalue weighted by molar-refractivity contribution is -0.384. The van der Waals surface area contributed by atoms with Gasteiger partial charge in [-0.3, -0.25) is 14.9 Å². The maximum Gasteiger partial charge on any atom is 0.270 e. The molecule has 2 aromatic carbocycles. The monoisotopic (exact) mass is 464 g/mol. The summed E-state index contributed by atoms with van der Waals surface area (Å²) in [7, 11) is 3.10. The number of amides is 1. The second kappa shape index (κ2) is 9.81. The summed E-state index contributed by atoms with van der Waals surface area (Å²) < 4.78 is 17.8. The van der Waals surface area contributed by atoms with Crippen LogP contribution >= 0.6 is 0 Å². The predicted molar refractivity (Wildman–Crippen MR) is 120 cm³/mol. The van der Waals surface area contributed by atoms with E-state index in [1.807, 2.05) is 6.07 Å². The summed E-state index contributed by atoms with van der Waals surface area (Å²) in [4.78, 5) is 22.5. The van der Waals surface area contributed by atoms with Crippen LogP contribution in [0.2, 0.25) is 0 Å². The van der Waals surface area contributed by atoms with Crippen LogP contribution in [-0.4, -0.2) is 58.0 Å². The van der Waals surface area contributed by atoms with Crippen molar-refractivity contribution in [3.8, 4) is 28.8 Å². The van der Waals surface area contributed by atoms with E-state index in [2.05, 4.69) is 20.6 Å². The molecule has 0 aliphatic rings. The first-order valence-corrected chi connectivity index (χ1v) is 10.1. The topological polar surface area (TPSA) is 143 Å². The number of nitro benzene ring substituents is 1. The number of hydrogen-bond donors (Lipinski definition) is 1. The number of aromatic nitrogens is 4. The van der Waals surface area contributed by atoms with E-state index in [-0.39, 0.29) is 24.4 Å². The van der Waals surface area contributed by atoms with Gasteiger partial charge < -0.3 is 19.5 Å². The maximum atomic E-state index is 12.2. The molecule has 0 aliphatic carbocycles. The van der Waals surface area contributed by atoms with E-state index < -0.39 is 10.8 Å². The number of benzene rings is 2. The summed E-state index contributed by atoms with van der Waals surface area (Å²) in [6.45, 7) is 0.305. The van der Waals surface area contributed by atoms with E-state index >= 15 is 0 Å². The molecular formula is C22H20N6O6. The molecule has 0 aliphatic heterocycles. The fourth-order valence-corrected chi connectivity index (χ4v) is 3.19. The van der Waals surface area contributed by atoms with Crippen LogP contribution < -0.4 is 19.5 Å². The van der Waals surface area contributed by atoms with Gasteiger partial charge in [0.25, 0.3) is 11.6 Å². The molecule has 12 nitrogen and oxygen atoms in total. The molecule has 34 heavy (non-hydrogen) atoms. The Labute approximate surface area is 193 Å². The van der Waals surface area contributed by atoms with E-state index in [0.717, 1.165) is 5.56 Å². The highest BCUT2D eigenvalue weighted by Crippen LogP contribution is 2.31. The molecule has 0 unspecified atom stereocenters. The standard InChI is InChI=1S/C22H20N6O6/c1-32-17-7-6-14(13-18(17)33-2)21-25-24-19-8-9-20(26-27(19)21)34-11-10-23-22(29)15-4-3-5-16(12-15)28(30)31/h3-9,12-13H,10-11H2,1-2H3,(H,23,29). The molecule has 1 amide bonds. The average molecular weight is 464 g/mol. The molecule has 0 spiro atoms. The van der Waals surface area contributed by atoms with Gasteiger partial charge in [-0.2, -0.15) is 4.52 Å². The zero-order valence-corrected chi connectivity index (χ0v) is 18.3. The summed E-state index contributed by atoms with van der Waals surface area (Å²) in [5.41, 5.74) is 1.29. The van der Waals surface area contributed by atoms with Gasteiger partial charge in [-0.15, -0.1) is 15.3 Å². The highest BCUT2D eigenvalue weighted by molar-refractivity contribution is 5.94. The molecular weight excluding hydrogens is 444 g/mol. The van der Waals surface area contributed by atoms with E-state index in [9.17, 15) is 14.9 Å². The lowest BCUT2D eigenvalue weighted by Crippen LogP contribution is -2.28. The molecule has 0 bridgehead atoms. The zero-order chi connectivity index (χ0) is 24.1. The molecule has 0 saturated heterocycles. The molecule has 1 N–H and O–H groups in total. The Hall–Kier alpha value is -4.74. The third kappa shape index (κ3) is 4.70. The van der Waals surface area contributed by atoms with Crippen molar-refractivity contribution < 1.29 is 23.9 Å². The van der Waals surface area contributed by atoms with Crippen LogP contribution in [0.4, 0.5) is 5.69 Å². The highest BCUT2D eigenvalue weighted by atomic mass is 16.6. The molecule has 2 aromatic heterocycles. The first-order valence-electron chi connectivity index (χ1n) is 10.1. The fourth-order valence-electron chi connectivity index (χ4n) is 3.19. The predicted octanol–water partition coefficient (Wildman–Crippen LogP) is 2.53. The Bertz CT molecular complexity index is 1350. The third-order valence-corrected chi connectivity index (χ3v) is 4.84. The number of carbonyl (C=O) groups is 1. The van der Waals surface area contributed by atoms with Gasteiger partial charge in [0.2, 0.25) is 5.88 Å². The number of nitro groups is 1. The zero-order valence-electron chi connectivity index (χ0n) is 18.3. The molecule has 12 heteroatoms. The van der Waals surface area contributed by atoms with Crippen LogP contribution in [0.5, 0.6) is 17.4 Å². The first-order chi connectivity index (χ1) is 16.5. The number of non-ortho nitro benzene ring substituents is 1. The van der Waals surface area contributed by atoms with E-state index in [1.54, 1.807) is 38.5 Å². The molecule has 0 fully saturated rings. The fraction of sp³-hybridized carbons (Fsp3) is 0.182. The number of nitrogens with one attached hydrogen (secondary N) is 1. The number of rotatable bonds is 9. The Balaban J connectivity index is 1.42. The Morgan fingerprint density at radius 3 is 2.65 bits per heavy atom. The maximum absolute atomic E-state index is 12.2. The number of hydrogen-bond acceptors (Lipinski definition) is 9. The largest absolute Gasteiger partial charge is 0.493 e. The Kier molecular flexibility index (Phi) is 6.48. The number of nitrogens with zero attached hydrogens (tertiary/aromatic N) is 5. The Morgan fingerprint density at radius 1 is 1.06 bits per heavy atom. The van der Waals surface area contributed by atoms with Gasteiger partial charge in [-0.1, -0.05) is 6.07 Å². The lowest BCUT2D eigenvalue weighted by atomic mass is 10.2. The van der Waals surface area contributed by atoms with Gasteiger partial charge in [0.15, 0.2) is 23.0 Å². The van der Waals surface area contributed by atoms with Crippen molar-refractivity contribution in [2.75, 3.05) is 27.4 Å². The summed E-state index contributed by atoms with van der Waals surface area (Å²) >= 11 is 0. The van der Waals surface area contributed by atoms with Crippen LogP contribution in [-0.2, 0) is 0 Å². The van der Waals surface area contributed by atoms with E-state index in [4.69, 9.17) is 14.2 Å². The van der Waals surface area contributed by atoms with Crippen molar-refractivity contribution in [1.29, 1.82) is 0 Å². The molecule has 4 rings (SSSR count). The molecule has 4 aromatic rings. The van der Waals surface area contributed by atoms with Crippen LogP contribution in [0.15, 0.2) is 54.6 Å². The molecule has 174 valence electrons. The molecule has 0 saturated carbocycles. The number of fused-ring (bicyclic) bond motifs is 1. The minimum Gasteiger partial charge on any atom is -0.493 e. The summed E-state index contributed by atoms with van der Waals surface area (Å²) in [5.74, 6) is 1.48. The van der Waals surface area contributed by atoms with Crippen molar-refractivity contribution in [2.45, 2.75) is 0 Å². The van der Waals surface area contributed by atoms with Gasteiger partial charge in [0, 0.05) is 29.3 Å². The van der Waals surface area contributed by atoms with Crippen LogP contribution in [0.3, 0.4) is 0 Å². The van der Waals surface area contributed by atoms with Crippen LogP contribution in [0, 0.1) is 10.1 Å². The molecule has 2 heterocycles. The normalized spacial score (nSPS) is 10.6.